The van der Waals surface area contributed by atoms with Crippen LogP contribution in [0.4, 0.5) is 4.79 Å². The lowest BCUT2D eigenvalue weighted by Crippen LogP contribution is -2.17. The average Bonchev–Trinajstić information content (AvgIpc) is 3.22. The fourth-order valence-corrected chi connectivity index (χ4v) is 1.97. The van der Waals surface area contributed by atoms with Crippen LogP contribution in [0.15, 0.2) is 45.6 Å². The molecule has 0 bridgehead atoms. The van der Waals surface area contributed by atoms with Gasteiger partial charge in [0.25, 0.3) is 0 Å². The number of ether oxygens (including phenoxy) is 1. The monoisotopic (exact) mass is 308 g/mol. The van der Waals surface area contributed by atoms with Gasteiger partial charge >= 0.3 is 6.09 Å². The number of aliphatic hydroxyl groups excluding tert-OH is 1. The van der Waals surface area contributed by atoms with Crippen LogP contribution in [0.3, 0.4) is 0 Å². The lowest BCUT2D eigenvalue weighted by atomic mass is 10.3. The molecule has 0 spiro atoms. The molecule has 2 aromatic heterocycles. The predicted molar refractivity (Wildman–Crippen MR) is 78.2 cm³/mol. The van der Waals surface area contributed by atoms with Crippen molar-refractivity contribution >= 4 is 6.09 Å². The van der Waals surface area contributed by atoms with E-state index < -0.39 is 6.10 Å². The van der Waals surface area contributed by atoms with Gasteiger partial charge in [-0.15, -0.1) is 0 Å². The highest BCUT2D eigenvalue weighted by Crippen LogP contribution is 2.24. The van der Waals surface area contributed by atoms with Crippen molar-refractivity contribution in [2.24, 2.45) is 0 Å². The summed E-state index contributed by atoms with van der Waals surface area (Å²) in [5.74, 6) is 1.31. The highest BCUT2D eigenvalue weighted by atomic mass is 16.6. The van der Waals surface area contributed by atoms with Crippen LogP contribution >= 0.6 is 0 Å². The van der Waals surface area contributed by atoms with E-state index in [1.807, 2.05) is 0 Å². The molecule has 3 rings (SSSR count). The van der Waals surface area contributed by atoms with Crippen molar-refractivity contribution in [3.63, 3.8) is 0 Å². The summed E-state index contributed by atoms with van der Waals surface area (Å²) < 4.78 is 15.1. The molecule has 1 amide bonds. The number of nitrogens with zero attached hydrogens (tertiary/aromatic N) is 1. The van der Waals surface area contributed by atoms with E-state index in [-0.39, 0.29) is 12.2 Å². The Kier molecular flexibility index (Phi) is 5.62. The molecule has 120 valence electrons. The van der Waals surface area contributed by atoms with Gasteiger partial charge in [0, 0.05) is 13.6 Å². The topological polar surface area (TPSA) is 88.1 Å². The van der Waals surface area contributed by atoms with Crippen LogP contribution in [-0.2, 0) is 4.74 Å². The number of likely N-dealkylation sites (N-methyl/N-ethyl adjacent to an activating group) is 2. The van der Waals surface area contributed by atoms with Gasteiger partial charge in [0.15, 0.2) is 6.10 Å². The Balaban J connectivity index is 0.000000164. The third-order valence-electron chi connectivity index (χ3n) is 3.12. The number of carbonyl (C=O) groups is 1. The molecule has 0 unspecified atom stereocenters. The molecule has 0 aromatic carbocycles. The van der Waals surface area contributed by atoms with E-state index in [1.165, 1.54) is 4.90 Å². The zero-order chi connectivity index (χ0) is 15.9. The lowest BCUT2D eigenvalue weighted by molar-refractivity contribution is 0.124. The van der Waals surface area contributed by atoms with Crippen molar-refractivity contribution in [2.45, 2.75) is 12.2 Å². The van der Waals surface area contributed by atoms with Gasteiger partial charge in [0.05, 0.1) is 19.1 Å². The van der Waals surface area contributed by atoms with Gasteiger partial charge in [-0.1, -0.05) is 0 Å². The second-order valence-corrected chi connectivity index (χ2v) is 4.86. The molecule has 7 heteroatoms. The number of nitrogens with one attached hydrogen (secondary N) is 1. The molecule has 3 heterocycles. The summed E-state index contributed by atoms with van der Waals surface area (Å²) in [6.45, 7) is 1.08. The van der Waals surface area contributed by atoms with Crippen molar-refractivity contribution in [2.75, 3.05) is 27.2 Å². The van der Waals surface area contributed by atoms with Gasteiger partial charge < -0.3 is 28.9 Å². The van der Waals surface area contributed by atoms with Gasteiger partial charge in [-0.2, -0.15) is 0 Å². The Hall–Kier alpha value is -2.25. The highest BCUT2D eigenvalue weighted by molar-refractivity contribution is 5.69. The first-order valence-corrected chi connectivity index (χ1v) is 6.93. The highest BCUT2D eigenvalue weighted by Gasteiger charge is 2.31. The van der Waals surface area contributed by atoms with Crippen molar-refractivity contribution in [3.8, 4) is 0 Å². The summed E-state index contributed by atoms with van der Waals surface area (Å²) in [6.07, 6.45) is 2.06. The Labute approximate surface area is 128 Å². The van der Waals surface area contributed by atoms with Crippen LogP contribution in [-0.4, -0.2) is 43.3 Å². The van der Waals surface area contributed by atoms with Crippen LogP contribution < -0.4 is 5.32 Å². The summed E-state index contributed by atoms with van der Waals surface area (Å²) in [6, 6.07) is 7.09. The molecule has 0 saturated carbocycles. The van der Waals surface area contributed by atoms with Gasteiger partial charge in [0.2, 0.25) is 0 Å². The van der Waals surface area contributed by atoms with Gasteiger partial charge in [-0.05, 0) is 31.3 Å². The predicted octanol–water partition coefficient (Wildman–Crippen LogP) is 1.94. The largest absolute Gasteiger partial charge is 0.467 e. The van der Waals surface area contributed by atoms with E-state index in [9.17, 15) is 9.90 Å². The van der Waals surface area contributed by atoms with Gasteiger partial charge in [-0.3, -0.25) is 0 Å². The lowest BCUT2D eigenvalue weighted by Gasteiger charge is -2.04. The van der Waals surface area contributed by atoms with Gasteiger partial charge in [0.1, 0.15) is 17.6 Å². The molecule has 7 nitrogen and oxygen atoms in total. The van der Waals surface area contributed by atoms with Crippen LogP contribution in [0.2, 0.25) is 0 Å². The maximum absolute atomic E-state index is 10.9. The molecule has 1 saturated heterocycles. The van der Waals surface area contributed by atoms with E-state index in [4.69, 9.17) is 13.6 Å². The quantitative estimate of drug-likeness (QED) is 0.897. The van der Waals surface area contributed by atoms with Crippen LogP contribution in [0.1, 0.15) is 23.7 Å². The standard InChI is InChI=1S/C8H9NO3.C7H11NO2/c1-9-5-7(12-8(9)10)6-3-2-4-11-6;1-8-5-6(9)7-3-2-4-10-7/h2-4,7H,5H2,1H3;2-4,6,8-9H,5H2,1H3/t7-;6-/m00/s1. The number of carbonyl (C=O) groups excluding carboxylic acids is 1. The number of furan rings is 2. The minimum atomic E-state index is -0.528. The molecule has 2 aromatic rings. The molecule has 0 aliphatic carbocycles. The van der Waals surface area contributed by atoms with E-state index in [0.717, 1.165) is 0 Å². The normalized spacial score (nSPS) is 18.6. The minimum absolute atomic E-state index is 0.238. The smallest absolute Gasteiger partial charge is 0.410 e. The minimum Gasteiger partial charge on any atom is -0.467 e. The first kappa shape index (κ1) is 16.1. The average molecular weight is 308 g/mol. The number of cyclic esters (lactones) is 1. The summed E-state index contributed by atoms with van der Waals surface area (Å²) in [5, 5.41) is 12.1. The van der Waals surface area contributed by atoms with Crippen molar-refractivity contribution in [3.05, 3.63) is 48.3 Å². The third kappa shape index (κ3) is 4.12. The summed E-state index contributed by atoms with van der Waals surface area (Å²) in [7, 11) is 3.48. The van der Waals surface area contributed by atoms with Crippen molar-refractivity contribution < 1.29 is 23.5 Å². The van der Waals surface area contributed by atoms with E-state index >= 15 is 0 Å². The molecule has 1 aliphatic heterocycles. The maximum atomic E-state index is 10.9. The molecular formula is C15H20N2O5. The Morgan fingerprint density at radius 1 is 1.36 bits per heavy atom. The van der Waals surface area contributed by atoms with Gasteiger partial charge in [-0.25, -0.2) is 4.79 Å². The number of hydrogen-bond acceptors (Lipinski definition) is 6. The maximum Gasteiger partial charge on any atom is 0.410 e. The zero-order valence-electron chi connectivity index (χ0n) is 12.6. The Morgan fingerprint density at radius 3 is 2.59 bits per heavy atom. The first-order chi connectivity index (χ1) is 10.6. The van der Waals surface area contributed by atoms with Crippen LogP contribution in [0.25, 0.3) is 0 Å². The summed E-state index contributed by atoms with van der Waals surface area (Å²) in [4.78, 5) is 12.5. The van der Waals surface area contributed by atoms with Crippen LogP contribution in [0.5, 0.6) is 0 Å². The fourth-order valence-electron chi connectivity index (χ4n) is 1.97. The fraction of sp³-hybridized carbons (Fsp3) is 0.400. The Morgan fingerprint density at radius 2 is 2.09 bits per heavy atom. The number of hydrogen-bond donors (Lipinski definition) is 2. The summed E-state index contributed by atoms with van der Waals surface area (Å²) >= 11 is 0. The Bertz CT molecular complexity index is 553. The second kappa shape index (κ2) is 7.67. The van der Waals surface area contributed by atoms with Crippen molar-refractivity contribution in [1.82, 2.24) is 10.2 Å². The third-order valence-corrected chi connectivity index (χ3v) is 3.12. The number of aliphatic hydroxyl groups is 1. The molecule has 2 N–H and O–H groups in total. The van der Waals surface area contributed by atoms with E-state index in [1.54, 1.807) is 50.9 Å². The molecular weight excluding hydrogens is 288 g/mol. The molecule has 2 atom stereocenters. The number of amides is 1. The second-order valence-electron chi connectivity index (χ2n) is 4.86. The van der Waals surface area contributed by atoms with E-state index in [0.29, 0.717) is 24.6 Å². The molecule has 1 fully saturated rings. The molecule has 1 aliphatic rings. The van der Waals surface area contributed by atoms with Crippen molar-refractivity contribution in [1.29, 1.82) is 0 Å². The van der Waals surface area contributed by atoms with Crippen LogP contribution in [0, 0.1) is 0 Å². The zero-order valence-corrected chi connectivity index (χ0v) is 12.6. The van der Waals surface area contributed by atoms with E-state index in [2.05, 4.69) is 5.32 Å². The molecule has 22 heavy (non-hydrogen) atoms. The SMILES string of the molecule is CN1C[C@@H](c2ccco2)OC1=O.CNC[C@H](O)c1ccco1. The molecule has 0 radical (unpaired) electrons. The first-order valence-electron chi connectivity index (χ1n) is 6.93. The number of rotatable bonds is 4. The summed E-state index contributed by atoms with van der Waals surface area (Å²) in [5.41, 5.74) is 0.